The molecule has 3 atom stereocenters. The van der Waals surface area contributed by atoms with Gasteiger partial charge in [-0.3, -0.25) is 4.79 Å². The lowest BCUT2D eigenvalue weighted by Gasteiger charge is -2.21. The van der Waals surface area contributed by atoms with Crippen molar-refractivity contribution in [2.75, 3.05) is 19.6 Å². The predicted octanol–water partition coefficient (Wildman–Crippen LogP) is 2.03. The van der Waals surface area contributed by atoms with Gasteiger partial charge in [-0.05, 0) is 31.4 Å². The quantitative estimate of drug-likeness (QED) is 0.815. The molecule has 1 fully saturated rings. The average molecular weight is 290 g/mol. The van der Waals surface area contributed by atoms with E-state index in [1.165, 1.54) is 0 Å². The van der Waals surface area contributed by atoms with Gasteiger partial charge in [-0.25, -0.2) is 0 Å². The second-order valence-electron chi connectivity index (χ2n) is 6.16. The molecule has 0 bridgehead atoms. The van der Waals surface area contributed by atoms with E-state index in [-0.39, 0.29) is 17.9 Å². The summed E-state index contributed by atoms with van der Waals surface area (Å²) in [6.07, 6.45) is 1.13. The normalized spacial score (nSPS) is 22.0. The van der Waals surface area contributed by atoms with Gasteiger partial charge < -0.3 is 15.4 Å². The molecule has 116 valence electrons. The lowest BCUT2D eigenvalue weighted by Crippen LogP contribution is -2.33. The maximum atomic E-state index is 12.0. The van der Waals surface area contributed by atoms with Crippen molar-refractivity contribution < 1.29 is 9.53 Å². The van der Waals surface area contributed by atoms with Gasteiger partial charge in [0.15, 0.2) is 0 Å². The van der Waals surface area contributed by atoms with E-state index in [0.29, 0.717) is 12.5 Å². The van der Waals surface area contributed by atoms with Crippen LogP contribution in [-0.4, -0.2) is 36.5 Å². The molecule has 1 aromatic rings. The zero-order chi connectivity index (χ0) is 15.2. The number of likely N-dealkylation sites (tertiary alicyclic amines) is 1. The molecule has 4 heteroatoms. The second-order valence-corrected chi connectivity index (χ2v) is 6.16. The third-order valence-corrected chi connectivity index (χ3v) is 4.21. The van der Waals surface area contributed by atoms with Gasteiger partial charge in [0, 0.05) is 19.1 Å². The summed E-state index contributed by atoms with van der Waals surface area (Å²) in [6.45, 7) is 7.14. The predicted molar refractivity (Wildman–Crippen MR) is 83.6 cm³/mol. The summed E-state index contributed by atoms with van der Waals surface area (Å²) in [5.74, 6) is 0.334. The number of carbonyl (C=O) groups excluding carboxylic acids is 1. The van der Waals surface area contributed by atoms with Crippen molar-refractivity contribution in [1.29, 1.82) is 0 Å². The highest BCUT2D eigenvalue weighted by atomic mass is 16.5. The zero-order valence-electron chi connectivity index (χ0n) is 13.0. The first-order valence-electron chi connectivity index (χ1n) is 7.74. The standard InChI is InChI=1S/C17H26N2O2/c1-13(10-19-9-8-16(11-19)14(2)18)17(20)21-12-15-6-4-3-5-7-15/h3-7,13-14,16H,8-12,18H2,1-2H3. The largest absolute Gasteiger partial charge is 0.461 e. The average Bonchev–Trinajstić information content (AvgIpc) is 2.94. The second kappa shape index (κ2) is 7.57. The van der Waals surface area contributed by atoms with Crippen molar-refractivity contribution in [3.63, 3.8) is 0 Å². The smallest absolute Gasteiger partial charge is 0.310 e. The van der Waals surface area contributed by atoms with Crippen LogP contribution in [0.5, 0.6) is 0 Å². The molecule has 1 aliphatic heterocycles. The van der Waals surface area contributed by atoms with Crippen LogP contribution in [0.3, 0.4) is 0 Å². The number of esters is 1. The number of rotatable bonds is 6. The minimum absolute atomic E-state index is 0.0967. The van der Waals surface area contributed by atoms with Gasteiger partial charge in [-0.1, -0.05) is 37.3 Å². The molecule has 0 aromatic heterocycles. The van der Waals surface area contributed by atoms with Crippen LogP contribution in [0.4, 0.5) is 0 Å². The van der Waals surface area contributed by atoms with Crippen LogP contribution in [0, 0.1) is 11.8 Å². The molecular weight excluding hydrogens is 264 g/mol. The third-order valence-electron chi connectivity index (χ3n) is 4.21. The third kappa shape index (κ3) is 4.83. The first-order valence-corrected chi connectivity index (χ1v) is 7.74. The Morgan fingerprint density at radius 2 is 2.10 bits per heavy atom. The fraction of sp³-hybridized carbons (Fsp3) is 0.588. The van der Waals surface area contributed by atoms with Crippen molar-refractivity contribution >= 4 is 5.97 Å². The topological polar surface area (TPSA) is 55.6 Å². The minimum Gasteiger partial charge on any atom is -0.461 e. The summed E-state index contributed by atoms with van der Waals surface area (Å²) >= 11 is 0. The molecule has 1 aliphatic rings. The molecule has 1 saturated heterocycles. The Balaban J connectivity index is 1.73. The summed E-state index contributed by atoms with van der Waals surface area (Å²) < 4.78 is 5.38. The number of hydrogen-bond acceptors (Lipinski definition) is 4. The molecule has 4 nitrogen and oxygen atoms in total. The number of ether oxygens (including phenoxy) is 1. The number of nitrogens with two attached hydrogens (primary N) is 1. The lowest BCUT2D eigenvalue weighted by atomic mass is 10.0. The van der Waals surface area contributed by atoms with Crippen molar-refractivity contribution in [2.45, 2.75) is 32.9 Å². The summed E-state index contributed by atoms with van der Waals surface area (Å²) in [5.41, 5.74) is 6.97. The Morgan fingerprint density at radius 3 is 2.71 bits per heavy atom. The Hall–Kier alpha value is -1.39. The van der Waals surface area contributed by atoms with Crippen LogP contribution in [-0.2, 0) is 16.1 Å². The maximum absolute atomic E-state index is 12.0. The van der Waals surface area contributed by atoms with Crippen molar-refractivity contribution in [2.24, 2.45) is 17.6 Å². The highest BCUT2D eigenvalue weighted by Gasteiger charge is 2.27. The van der Waals surface area contributed by atoms with Crippen LogP contribution in [0.25, 0.3) is 0 Å². The van der Waals surface area contributed by atoms with Crippen molar-refractivity contribution in [1.82, 2.24) is 4.90 Å². The number of hydrogen-bond donors (Lipinski definition) is 1. The van der Waals surface area contributed by atoms with E-state index >= 15 is 0 Å². The minimum atomic E-state index is -0.122. The molecule has 1 heterocycles. The lowest BCUT2D eigenvalue weighted by molar-refractivity contribution is -0.149. The van der Waals surface area contributed by atoms with Crippen molar-refractivity contribution in [3.05, 3.63) is 35.9 Å². The monoisotopic (exact) mass is 290 g/mol. The first kappa shape index (κ1) is 16.0. The molecule has 0 saturated carbocycles. The highest BCUT2D eigenvalue weighted by molar-refractivity contribution is 5.72. The maximum Gasteiger partial charge on any atom is 0.310 e. The van der Waals surface area contributed by atoms with Gasteiger partial charge in [0.05, 0.1) is 5.92 Å². The summed E-state index contributed by atoms with van der Waals surface area (Å²) in [6, 6.07) is 10.0. The molecule has 2 rings (SSSR count). The van der Waals surface area contributed by atoms with Gasteiger partial charge in [0.2, 0.25) is 0 Å². The molecule has 0 radical (unpaired) electrons. The summed E-state index contributed by atoms with van der Waals surface area (Å²) in [5, 5.41) is 0. The van der Waals surface area contributed by atoms with E-state index in [2.05, 4.69) is 11.8 Å². The highest BCUT2D eigenvalue weighted by Crippen LogP contribution is 2.20. The molecule has 0 spiro atoms. The number of nitrogens with zero attached hydrogens (tertiary/aromatic N) is 1. The van der Waals surface area contributed by atoms with Gasteiger partial charge in [0.25, 0.3) is 0 Å². The van der Waals surface area contributed by atoms with E-state index in [1.807, 2.05) is 37.3 Å². The molecule has 2 N–H and O–H groups in total. The number of carbonyl (C=O) groups is 1. The van der Waals surface area contributed by atoms with Crippen LogP contribution in [0.15, 0.2) is 30.3 Å². The van der Waals surface area contributed by atoms with Crippen molar-refractivity contribution in [3.8, 4) is 0 Å². The Morgan fingerprint density at radius 1 is 1.38 bits per heavy atom. The molecule has 1 aromatic carbocycles. The molecule has 0 amide bonds. The van der Waals surface area contributed by atoms with E-state index in [9.17, 15) is 4.79 Å². The van der Waals surface area contributed by atoms with Crippen LogP contribution in [0.1, 0.15) is 25.8 Å². The van der Waals surface area contributed by atoms with Gasteiger partial charge >= 0.3 is 5.97 Å². The van der Waals surface area contributed by atoms with Gasteiger partial charge in [0.1, 0.15) is 6.61 Å². The summed E-state index contributed by atoms with van der Waals surface area (Å²) in [7, 11) is 0. The van der Waals surface area contributed by atoms with Crippen LogP contribution >= 0.6 is 0 Å². The van der Waals surface area contributed by atoms with Gasteiger partial charge in [-0.15, -0.1) is 0 Å². The molecular formula is C17H26N2O2. The zero-order valence-corrected chi connectivity index (χ0v) is 13.0. The Bertz CT molecular complexity index is 447. The first-order chi connectivity index (χ1) is 10.1. The summed E-state index contributed by atoms with van der Waals surface area (Å²) in [4.78, 5) is 14.4. The molecule has 0 aliphatic carbocycles. The van der Waals surface area contributed by atoms with E-state index in [0.717, 1.165) is 31.6 Å². The van der Waals surface area contributed by atoms with E-state index in [1.54, 1.807) is 0 Å². The van der Waals surface area contributed by atoms with E-state index < -0.39 is 0 Å². The fourth-order valence-electron chi connectivity index (χ4n) is 2.79. The SMILES string of the molecule is CC(CN1CCC(C(C)N)C1)C(=O)OCc1ccccc1. The van der Waals surface area contributed by atoms with Gasteiger partial charge in [-0.2, -0.15) is 0 Å². The Kier molecular flexibility index (Phi) is 5.76. The molecule has 3 unspecified atom stereocenters. The van der Waals surface area contributed by atoms with E-state index in [4.69, 9.17) is 10.5 Å². The Labute approximate surface area is 127 Å². The fourth-order valence-corrected chi connectivity index (χ4v) is 2.79. The number of benzene rings is 1. The van der Waals surface area contributed by atoms with Crippen LogP contribution in [0.2, 0.25) is 0 Å². The molecule has 21 heavy (non-hydrogen) atoms. The van der Waals surface area contributed by atoms with Crippen LogP contribution < -0.4 is 5.73 Å².